The molecule has 1 saturated carbocycles. The molecule has 0 spiro atoms. The zero-order valence-corrected chi connectivity index (χ0v) is 13.6. The van der Waals surface area contributed by atoms with Crippen molar-refractivity contribution in [3.8, 4) is 0 Å². The lowest BCUT2D eigenvalue weighted by molar-refractivity contribution is -0.133. The molecule has 1 fully saturated rings. The Labute approximate surface area is 136 Å². The number of aromatic nitrogens is 1. The third-order valence-corrected chi connectivity index (χ3v) is 4.46. The van der Waals surface area contributed by atoms with Gasteiger partial charge in [-0.25, -0.2) is 0 Å². The smallest absolute Gasteiger partial charge is 0.183 e. The molecular formula is C17H14BrNO3. The second-order valence-corrected chi connectivity index (χ2v) is 6.48. The molecule has 0 saturated heterocycles. The molecule has 1 aliphatic carbocycles. The van der Waals surface area contributed by atoms with Crippen molar-refractivity contribution in [3.63, 3.8) is 0 Å². The van der Waals surface area contributed by atoms with Crippen LogP contribution in [0.25, 0.3) is 10.9 Å². The molecule has 22 heavy (non-hydrogen) atoms. The van der Waals surface area contributed by atoms with Crippen LogP contribution in [0.4, 0.5) is 0 Å². The van der Waals surface area contributed by atoms with Gasteiger partial charge >= 0.3 is 0 Å². The number of halogens is 1. The van der Waals surface area contributed by atoms with E-state index in [0.29, 0.717) is 30.3 Å². The molecule has 1 aromatic heterocycles. The van der Waals surface area contributed by atoms with Gasteiger partial charge in [0, 0.05) is 34.5 Å². The fraction of sp³-hybridized carbons (Fsp3) is 0.294. The average Bonchev–Trinajstić information content (AvgIpc) is 2.47. The molecule has 1 aliphatic rings. The Hall–Kier alpha value is -1.88. The van der Waals surface area contributed by atoms with Crippen LogP contribution in [0.2, 0.25) is 0 Å². The summed E-state index contributed by atoms with van der Waals surface area (Å²) in [5.74, 6) is -2.10. The summed E-state index contributed by atoms with van der Waals surface area (Å²) < 4.78 is 0.812. The van der Waals surface area contributed by atoms with Crippen molar-refractivity contribution in [2.45, 2.75) is 26.2 Å². The molecule has 0 amide bonds. The van der Waals surface area contributed by atoms with Gasteiger partial charge < -0.3 is 0 Å². The van der Waals surface area contributed by atoms with Crippen LogP contribution in [-0.2, 0) is 9.59 Å². The van der Waals surface area contributed by atoms with Gasteiger partial charge in [-0.3, -0.25) is 19.4 Å². The number of benzene rings is 1. The van der Waals surface area contributed by atoms with Gasteiger partial charge in [0.1, 0.15) is 5.92 Å². The van der Waals surface area contributed by atoms with Crippen LogP contribution in [0.15, 0.2) is 28.9 Å². The highest BCUT2D eigenvalue weighted by Gasteiger charge is 2.37. The number of Topliss-reactive ketones (excluding diaryl/α,β-unsaturated/α-hetero) is 3. The zero-order chi connectivity index (χ0) is 15.9. The standard InChI is InChI=1S/C17H14BrNO3/c1-9-5-6-10-7-11(18)8-19-16(10)14(9)17(22)15-12(20)3-2-4-13(15)21/h5-8,15H,2-4H2,1H3. The maximum atomic E-state index is 12.8. The summed E-state index contributed by atoms with van der Waals surface area (Å²) in [5, 5.41) is 0.805. The predicted octanol–water partition coefficient (Wildman–Crippen LogP) is 3.43. The lowest BCUT2D eigenvalue weighted by Crippen LogP contribution is -2.35. The van der Waals surface area contributed by atoms with Crippen molar-refractivity contribution in [2.75, 3.05) is 0 Å². The third-order valence-electron chi connectivity index (χ3n) is 4.03. The summed E-state index contributed by atoms with van der Waals surface area (Å²) in [4.78, 5) is 41.3. The number of carbonyl (C=O) groups is 3. The maximum absolute atomic E-state index is 12.8. The zero-order valence-electron chi connectivity index (χ0n) is 12.1. The Bertz CT molecular complexity index is 797. The van der Waals surface area contributed by atoms with Crippen molar-refractivity contribution < 1.29 is 14.4 Å². The molecule has 0 aliphatic heterocycles. The molecule has 2 aromatic rings. The number of aryl methyl sites for hydroxylation is 1. The molecule has 112 valence electrons. The molecule has 0 unspecified atom stereocenters. The summed E-state index contributed by atoms with van der Waals surface area (Å²) in [6.45, 7) is 1.80. The average molecular weight is 360 g/mol. The fourth-order valence-corrected chi connectivity index (χ4v) is 3.28. The van der Waals surface area contributed by atoms with Crippen LogP contribution in [0.5, 0.6) is 0 Å². The highest BCUT2D eigenvalue weighted by Crippen LogP contribution is 2.28. The van der Waals surface area contributed by atoms with Crippen LogP contribution >= 0.6 is 15.9 Å². The van der Waals surface area contributed by atoms with E-state index in [4.69, 9.17) is 0 Å². The highest BCUT2D eigenvalue weighted by molar-refractivity contribution is 9.10. The van der Waals surface area contributed by atoms with E-state index in [9.17, 15) is 14.4 Å². The molecule has 3 rings (SSSR count). The first-order valence-electron chi connectivity index (χ1n) is 7.13. The molecule has 1 heterocycles. The monoisotopic (exact) mass is 359 g/mol. The minimum atomic E-state index is -1.15. The van der Waals surface area contributed by atoms with Crippen molar-refractivity contribution in [1.82, 2.24) is 4.98 Å². The number of rotatable bonds is 2. The number of carbonyl (C=O) groups excluding carboxylic acids is 3. The Balaban J connectivity index is 2.16. The normalized spacial score (nSPS) is 16.3. The summed E-state index contributed by atoms with van der Waals surface area (Å²) in [6, 6.07) is 5.56. The maximum Gasteiger partial charge on any atom is 0.183 e. The summed E-state index contributed by atoms with van der Waals surface area (Å²) >= 11 is 3.35. The van der Waals surface area contributed by atoms with E-state index >= 15 is 0 Å². The summed E-state index contributed by atoms with van der Waals surface area (Å²) in [5.41, 5.74) is 1.66. The Morgan fingerprint density at radius 1 is 1.23 bits per heavy atom. The van der Waals surface area contributed by atoms with Gasteiger partial charge in [-0.15, -0.1) is 0 Å². The van der Waals surface area contributed by atoms with E-state index in [1.165, 1.54) is 0 Å². The van der Waals surface area contributed by atoms with Gasteiger partial charge in [-0.05, 0) is 40.9 Å². The van der Waals surface area contributed by atoms with Crippen molar-refractivity contribution in [1.29, 1.82) is 0 Å². The largest absolute Gasteiger partial charge is 0.298 e. The van der Waals surface area contributed by atoms with Gasteiger partial charge in [-0.1, -0.05) is 12.1 Å². The van der Waals surface area contributed by atoms with Crippen LogP contribution in [0.3, 0.4) is 0 Å². The SMILES string of the molecule is Cc1ccc2cc(Br)cnc2c1C(=O)C1C(=O)CCCC1=O. The molecule has 0 N–H and O–H groups in total. The minimum Gasteiger partial charge on any atom is -0.298 e. The minimum absolute atomic E-state index is 0.269. The molecular weight excluding hydrogens is 346 g/mol. The van der Waals surface area contributed by atoms with Gasteiger partial charge in [-0.2, -0.15) is 0 Å². The van der Waals surface area contributed by atoms with Gasteiger partial charge in [0.15, 0.2) is 17.3 Å². The van der Waals surface area contributed by atoms with Crippen molar-refractivity contribution in [3.05, 3.63) is 40.0 Å². The molecule has 1 aromatic carbocycles. The summed E-state index contributed by atoms with van der Waals surface area (Å²) in [6.07, 6.45) is 2.75. The first-order chi connectivity index (χ1) is 10.5. The van der Waals surface area contributed by atoms with E-state index in [2.05, 4.69) is 20.9 Å². The van der Waals surface area contributed by atoms with Gasteiger partial charge in [0.05, 0.1) is 5.52 Å². The second kappa shape index (κ2) is 5.72. The first-order valence-corrected chi connectivity index (χ1v) is 7.93. The highest BCUT2D eigenvalue weighted by atomic mass is 79.9. The van der Waals surface area contributed by atoms with Crippen LogP contribution in [0, 0.1) is 12.8 Å². The van der Waals surface area contributed by atoms with Crippen LogP contribution < -0.4 is 0 Å². The number of ketones is 3. The lowest BCUT2D eigenvalue weighted by Gasteiger charge is -2.19. The molecule has 0 bridgehead atoms. The predicted molar refractivity (Wildman–Crippen MR) is 85.9 cm³/mol. The van der Waals surface area contributed by atoms with E-state index in [-0.39, 0.29) is 11.6 Å². The van der Waals surface area contributed by atoms with Crippen molar-refractivity contribution >= 4 is 44.2 Å². The van der Waals surface area contributed by atoms with Crippen LogP contribution in [0.1, 0.15) is 35.2 Å². The van der Waals surface area contributed by atoms with Gasteiger partial charge in [0.2, 0.25) is 0 Å². The Morgan fingerprint density at radius 2 is 1.91 bits per heavy atom. The fourth-order valence-electron chi connectivity index (χ4n) is 2.93. The number of hydrogen-bond acceptors (Lipinski definition) is 4. The molecule has 4 nitrogen and oxygen atoms in total. The third kappa shape index (κ3) is 2.50. The van der Waals surface area contributed by atoms with Gasteiger partial charge in [0.25, 0.3) is 0 Å². The number of fused-ring (bicyclic) bond motifs is 1. The quantitative estimate of drug-likeness (QED) is 0.608. The van der Waals surface area contributed by atoms with E-state index < -0.39 is 11.7 Å². The van der Waals surface area contributed by atoms with E-state index in [0.717, 1.165) is 15.4 Å². The molecule has 5 heteroatoms. The van der Waals surface area contributed by atoms with Crippen LogP contribution in [-0.4, -0.2) is 22.3 Å². The lowest BCUT2D eigenvalue weighted by atomic mass is 9.80. The molecule has 0 atom stereocenters. The van der Waals surface area contributed by atoms with Crippen molar-refractivity contribution in [2.24, 2.45) is 5.92 Å². The van der Waals surface area contributed by atoms with E-state index in [1.54, 1.807) is 13.1 Å². The first kappa shape index (κ1) is 15.0. The second-order valence-electron chi connectivity index (χ2n) is 5.57. The number of hydrogen-bond donors (Lipinski definition) is 0. The topological polar surface area (TPSA) is 64.1 Å². The number of nitrogens with zero attached hydrogens (tertiary/aromatic N) is 1. The van der Waals surface area contributed by atoms with E-state index in [1.807, 2.05) is 18.2 Å². The Kier molecular flexibility index (Phi) is 3.91. The molecule has 0 radical (unpaired) electrons. The summed E-state index contributed by atoms with van der Waals surface area (Å²) in [7, 11) is 0. The number of pyridine rings is 1. The Morgan fingerprint density at radius 3 is 2.59 bits per heavy atom.